The number of nitrogens with one attached hydrogen (secondary N) is 1. The Labute approximate surface area is 110 Å². The first-order valence-electron chi connectivity index (χ1n) is 6.66. The molecule has 94 valence electrons. The van der Waals surface area contributed by atoms with Gasteiger partial charge in [0.25, 0.3) is 0 Å². The molecule has 0 saturated heterocycles. The molecule has 2 aromatic carbocycles. The molecular weight excluding hydrogens is 218 g/mol. The Morgan fingerprint density at radius 2 is 1.39 bits per heavy atom. The maximum absolute atomic E-state index is 3.42. The van der Waals surface area contributed by atoms with Crippen molar-refractivity contribution in [2.24, 2.45) is 0 Å². The van der Waals surface area contributed by atoms with Crippen molar-refractivity contribution >= 4 is 0 Å². The lowest BCUT2D eigenvalue weighted by Crippen LogP contribution is -2.13. The third-order valence-electron chi connectivity index (χ3n) is 3.09. The quantitative estimate of drug-likeness (QED) is 0.772. The molecule has 2 rings (SSSR count). The van der Waals surface area contributed by atoms with Gasteiger partial charge >= 0.3 is 0 Å². The molecular formula is C17H21N. The number of benzene rings is 2. The lowest BCUT2D eigenvalue weighted by Gasteiger charge is -2.06. The summed E-state index contributed by atoms with van der Waals surface area (Å²) in [7, 11) is 0. The number of hydrogen-bond acceptors (Lipinski definition) is 1. The average molecular weight is 239 g/mol. The van der Waals surface area contributed by atoms with Crippen LogP contribution < -0.4 is 5.32 Å². The normalized spacial score (nSPS) is 10.6. The zero-order valence-electron chi connectivity index (χ0n) is 11.2. The van der Waals surface area contributed by atoms with E-state index in [-0.39, 0.29) is 0 Å². The predicted octanol–water partition coefficient (Wildman–Crippen LogP) is 4.16. The molecule has 0 amide bonds. The van der Waals surface area contributed by atoms with Crippen LogP contribution in [0.2, 0.25) is 0 Å². The van der Waals surface area contributed by atoms with Gasteiger partial charge in [-0.15, -0.1) is 0 Å². The van der Waals surface area contributed by atoms with Crippen LogP contribution in [-0.4, -0.2) is 6.54 Å². The molecule has 0 radical (unpaired) electrons. The summed E-state index contributed by atoms with van der Waals surface area (Å²) in [6, 6.07) is 17.5. The van der Waals surface area contributed by atoms with Crippen LogP contribution in [-0.2, 0) is 6.54 Å². The number of rotatable bonds is 5. The maximum atomic E-state index is 3.42. The van der Waals surface area contributed by atoms with Gasteiger partial charge in [0.1, 0.15) is 0 Å². The second kappa shape index (κ2) is 6.36. The predicted molar refractivity (Wildman–Crippen MR) is 78.6 cm³/mol. The van der Waals surface area contributed by atoms with Crippen LogP contribution in [0.15, 0.2) is 48.5 Å². The molecule has 0 fully saturated rings. The minimum atomic E-state index is 0.960. The van der Waals surface area contributed by atoms with Crippen molar-refractivity contribution in [2.75, 3.05) is 6.54 Å². The molecule has 0 unspecified atom stereocenters. The highest BCUT2D eigenvalue weighted by Gasteiger charge is 1.97. The summed E-state index contributed by atoms with van der Waals surface area (Å²) in [6.45, 7) is 6.35. The van der Waals surface area contributed by atoms with E-state index < -0.39 is 0 Å². The summed E-state index contributed by atoms with van der Waals surface area (Å²) >= 11 is 0. The molecule has 18 heavy (non-hydrogen) atoms. The van der Waals surface area contributed by atoms with Crippen molar-refractivity contribution in [3.8, 4) is 11.1 Å². The summed E-state index contributed by atoms with van der Waals surface area (Å²) in [5.74, 6) is 0. The second-order valence-electron chi connectivity index (χ2n) is 4.74. The summed E-state index contributed by atoms with van der Waals surface area (Å²) in [6.07, 6.45) is 1.18. The summed E-state index contributed by atoms with van der Waals surface area (Å²) in [4.78, 5) is 0. The van der Waals surface area contributed by atoms with Crippen LogP contribution in [0, 0.1) is 6.92 Å². The summed E-state index contributed by atoms with van der Waals surface area (Å²) in [5, 5.41) is 3.42. The van der Waals surface area contributed by atoms with Gasteiger partial charge in [0.05, 0.1) is 0 Å². The van der Waals surface area contributed by atoms with E-state index >= 15 is 0 Å². The number of hydrogen-bond donors (Lipinski definition) is 1. The van der Waals surface area contributed by atoms with Gasteiger partial charge in [-0.2, -0.15) is 0 Å². The third kappa shape index (κ3) is 3.44. The van der Waals surface area contributed by atoms with Gasteiger partial charge in [-0.25, -0.2) is 0 Å². The van der Waals surface area contributed by atoms with Crippen LogP contribution in [0.25, 0.3) is 11.1 Å². The van der Waals surface area contributed by atoms with E-state index in [9.17, 15) is 0 Å². The van der Waals surface area contributed by atoms with E-state index in [0.29, 0.717) is 0 Å². The van der Waals surface area contributed by atoms with Crippen molar-refractivity contribution in [3.63, 3.8) is 0 Å². The molecule has 0 aromatic heterocycles. The molecule has 2 aromatic rings. The minimum absolute atomic E-state index is 0.960. The molecule has 0 aliphatic carbocycles. The Bertz CT molecular complexity index is 468. The lowest BCUT2D eigenvalue weighted by atomic mass is 10.0. The van der Waals surface area contributed by atoms with Crippen molar-refractivity contribution in [3.05, 3.63) is 59.7 Å². The van der Waals surface area contributed by atoms with E-state index in [4.69, 9.17) is 0 Å². The highest BCUT2D eigenvalue weighted by Crippen LogP contribution is 2.20. The molecule has 1 heteroatoms. The highest BCUT2D eigenvalue weighted by molar-refractivity contribution is 5.63. The van der Waals surface area contributed by atoms with Gasteiger partial charge in [0.2, 0.25) is 0 Å². The zero-order valence-corrected chi connectivity index (χ0v) is 11.2. The van der Waals surface area contributed by atoms with E-state index in [1.165, 1.54) is 28.7 Å². The minimum Gasteiger partial charge on any atom is -0.313 e. The maximum Gasteiger partial charge on any atom is 0.0205 e. The first-order valence-corrected chi connectivity index (χ1v) is 6.66. The van der Waals surface area contributed by atoms with Crippen molar-refractivity contribution in [1.29, 1.82) is 0 Å². The van der Waals surface area contributed by atoms with Crippen molar-refractivity contribution in [2.45, 2.75) is 26.8 Å². The molecule has 0 atom stereocenters. The van der Waals surface area contributed by atoms with Gasteiger partial charge < -0.3 is 5.32 Å². The van der Waals surface area contributed by atoms with Crippen LogP contribution in [0.3, 0.4) is 0 Å². The van der Waals surface area contributed by atoms with Crippen LogP contribution >= 0.6 is 0 Å². The SMILES string of the molecule is CCCNCc1ccc(-c2ccc(C)cc2)cc1. The molecule has 0 heterocycles. The first kappa shape index (κ1) is 12.8. The fraction of sp³-hybridized carbons (Fsp3) is 0.294. The van der Waals surface area contributed by atoms with Crippen molar-refractivity contribution < 1.29 is 0 Å². The monoisotopic (exact) mass is 239 g/mol. The lowest BCUT2D eigenvalue weighted by molar-refractivity contribution is 0.675. The smallest absolute Gasteiger partial charge is 0.0205 e. The largest absolute Gasteiger partial charge is 0.313 e. The van der Waals surface area contributed by atoms with Crippen LogP contribution in [0.5, 0.6) is 0 Å². The Morgan fingerprint density at radius 3 is 1.94 bits per heavy atom. The summed E-state index contributed by atoms with van der Waals surface area (Å²) < 4.78 is 0. The molecule has 0 bridgehead atoms. The first-order chi connectivity index (χ1) is 8.79. The topological polar surface area (TPSA) is 12.0 Å². The Hall–Kier alpha value is -1.60. The van der Waals surface area contributed by atoms with Gasteiger partial charge in [0, 0.05) is 6.54 Å². The standard InChI is InChI=1S/C17H21N/c1-3-12-18-13-15-6-10-17(11-7-15)16-8-4-14(2)5-9-16/h4-11,18H,3,12-13H2,1-2H3. The fourth-order valence-electron chi connectivity index (χ4n) is 1.97. The van der Waals surface area contributed by atoms with E-state index in [1.54, 1.807) is 0 Å². The Kier molecular flexibility index (Phi) is 4.54. The molecule has 1 N–H and O–H groups in total. The Morgan fingerprint density at radius 1 is 0.833 bits per heavy atom. The molecule has 1 nitrogen and oxygen atoms in total. The molecule has 0 aliphatic heterocycles. The van der Waals surface area contributed by atoms with Crippen molar-refractivity contribution in [1.82, 2.24) is 5.32 Å². The molecule has 0 aliphatic rings. The van der Waals surface area contributed by atoms with E-state index in [2.05, 4.69) is 67.7 Å². The fourth-order valence-corrected chi connectivity index (χ4v) is 1.97. The third-order valence-corrected chi connectivity index (χ3v) is 3.09. The van der Waals surface area contributed by atoms with Gasteiger partial charge in [-0.1, -0.05) is 61.0 Å². The molecule has 0 spiro atoms. The van der Waals surface area contributed by atoms with Crippen LogP contribution in [0.1, 0.15) is 24.5 Å². The average Bonchev–Trinajstić information content (AvgIpc) is 2.41. The van der Waals surface area contributed by atoms with Crippen LogP contribution in [0.4, 0.5) is 0 Å². The van der Waals surface area contributed by atoms with Gasteiger partial charge in [0.15, 0.2) is 0 Å². The number of aryl methyl sites for hydroxylation is 1. The van der Waals surface area contributed by atoms with Gasteiger partial charge in [-0.3, -0.25) is 0 Å². The zero-order chi connectivity index (χ0) is 12.8. The van der Waals surface area contributed by atoms with E-state index in [1.807, 2.05) is 0 Å². The molecule has 0 saturated carbocycles. The van der Waals surface area contributed by atoms with Gasteiger partial charge in [-0.05, 0) is 36.6 Å². The highest BCUT2D eigenvalue weighted by atomic mass is 14.8. The second-order valence-corrected chi connectivity index (χ2v) is 4.74. The summed E-state index contributed by atoms with van der Waals surface area (Å²) in [5.41, 5.74) is 5.22. The van der Waals surface area contributed by atoms with E-state index in [0.717, 1.165) is 13.1 Å². The Balaban J connectivity index is 2.05.